The number of benzene rings is 1. The van der Waals surface area contributed by atoms with Gasteiger partial charge in [0, 0.05) is 37.8 Å². The van der Waals surface area contributed by atoms with Crippen molar-refractivity contribution in [2.75, 3.05) is 34.4 Å². The van der Waals surface area contributed by atoms with Crippen LogP contribution in [0.25, 0.3) is 0 Å². The molecule has 0 amide bonds. The molecule has 0 aliphatic heterocycles. The first kappa shape index (κ1) is 18.0. The van der Waals surface area contributed by atoms with Crippen LogP contribution in [0.5, 0.6) is 17.2 Å². The quantitative estimate of drug-likeness (QED) is 0.331. The molecule has 0 fully saturated rings. The number of hydrogen-bond acceptors (Lipinski definition) is 4. The van der Waals surface area contributed by atoms with Gasteiger partial charge in [-0.15, -0.1) is 0 Å². The summed E-state index contributed by atoms with van der Waals surface area (Å²) in [5.41, 5.74) is 0. The number of nitrogens with zero attached hydrogens (tertiary/aromatic N) is 1. The topological polar surface area (TPSA) is 64.1 Å². The van der Waals surface area contributed by atoms with E-state index in [1.54, 1.807) is 21.3 Å². The summed E-state index contributed by atoms with van der Waals surface area (Å²) in [6.45, 7) is 1.40. The lowest BCUT2D eigenvalue weighted by molar-refractivity contribution is 0.305. The lowest BCUT2D eigenvalue weighted by Crippen LogP contribution is -2.42. The van der Waals surface area contributed by atoms with Gasteiger partial charge >= 0.3 is 0 Å². The van der Waals surface area contributed by atoms with E-state index in [9.17, 15) is 0 Å². The van der Waals surface area contributed by atoms with Gasteiger partial charge in [-0.3, -0.25) is 4.99 Å². The van der Waals surface area contributed by atoms with Gasteiger partial charge in [0.05, 0.1) is 20.8 Å². The first-order chi connectivity index (χ1) is 11.7. The minimum Gasteiger partial charge on any atom is -0.496 e. The molecule has 24 heavy (non-hydrogen) atoms. The van der Waals surface area contributed by atoms with E-state index in [-0.39, 0.29) is 0 Å². The van der Waals surface area contributed by atoms with E-state index < -0.39 is 0 Å². The second-order valence-electron chi connectivity index (χ2n) is 5.53. The van der Waals surface area contributed by atoms with E-state index in [0.717, 1.165) is 49.0 Å². The van der Waals surface area contributed by atoms with Crippen LogP contribution in [-0.4, -0.2) is 46.4 Å². The molecule has 0 unspecified atom stereocenters. The Morgan fingerprint density at radius 1 is 1.08 bits per heavy atom. The number of guanidine groups is 1. The third kappa shape index (κ3) is 5.68. The van der Waals surface area contributed by atoms with Gasteiger partial charge in [-0.05, 0) is 19.3 Å². The summed E-state index contributed by atoms with van der Waals surface area (Å²) in [6.07, 6.45) is 7.37. The summed E-state index contributed by atoms with van der Waals surface area (Å²) in [5.74, 6) is 3.02. The summed E-state index contributed by atoms with van der Waals surface area (Å²) >= 11 is 0. The average molecular weight is 333 g/mol. The molecule has 6 nitrogen and oxygen atoms in total. The summed E-state index contributed by atoms with van der Waals surface area (Å²) in [5, 5.41) is 6.72. The van der Waals surface area contributed by atoms with Crippen LogP contribution in [0.15, 0.2) is 35.3 Å². The van der Waals surface area contributed by atoms with E-state index in [1.165, 1.54) is 0 Å². The molecule has 0 saturated carbocycles. The molecule has 0 radical (unpaired) electrons. The minimum absolute atomic E-state index is 0.455. The van der Waals surface area contributed by atoms with Crippen LogP contribution >= 0.6 is 0 Å². The Labute approximate surface area is 143 Å². The fraction of sp³-hybridized carbons (Fsp3) is 0.500. The van der Waals surface area contributed by atoms with E-state index in [0.29, 0.717) is 12.6 Å². The predicted molar refractivity (Wildman–Crippen MR) is 96.3 cm³/mol. The molecule has 132 valence electrons. The molecule has 6 heteroatoms. The first-order valence-electron chi connectivity index (χ1n) is 8.23. The number of methoxy groups -OCH3 is 2. The number of nitrogens with one attached hydrogen (secondary N) is 2. The smallest absolute Gasteiger partial charge is 0.191 e. The fourth-order valence-corrected chi connectivity index (χ4v) is 2.46. The van der Waals surface area contributed by atoms with Crippen molar-refractivity contribution in [3.63, 3.8) is 0 Å². The summed E-state index contributed by atoms with van der Waals surface area (Å²) in [6, 6.07) is 5.98. The average Bonchev–Trinajstić information content (AvgIpc) is 3.13. The first-order valence-corrected chi connectivity index (χ1v) is 8.23. The minimum atomic E-state index is 0.455. The van der Waals surface area contributed by atoms with Crippen LogP contribution in [0.2, 0.25) is 0 Å². The van der Waals surface area contributed by atoms with Gasteiger partial charge in [0.2, 0.25) is 0 Å². The zero-order valence-electron chi connectivity index (χ0n) is 14.7. The van der Waals surface area contributed by atoms with Crippen molar-refractivity contribution in [1.29, 1.82) is 0 Å². The van der Waals surface area contributed by atoms with Crippen molar-refractivity contribution in [1.82, 2.24) is 10.6 Å². The molecule has 0 aromatic heterocycles. The van der Waals surface area contributed by atoms with Crippen molar-refractivity contribution in [2.45, 2.75) is 25.3 Å². The largest absolute Gasteiger partial charge is 0.496 e. The summed E-state index contributed by atoms with van der Waals surface area (Å²) in [4.78, 5) is 4.25. The number of aliphatic imine (C=N–C) groups is 1. The maximum absolute atomic E-state index is 5.77. The van der Waals surface area contributed by atoms with Gasteiger partial charge in [-0.25, -0.2) is 0 Å². The second-order valence-corrected chi connectivity index (χ2v) is 5.53. The highest BCUT2D eigenvalue weighted by Gasteiger charge is 2.11. The van der Waals surface area contributed by atoms with Crippen molar-refractivity contribution in [3.05, 3.63) is 30.4 Å². The molecule has 0 bridgehead atoms. The Bertz CT molecular complexity index is 542. The molecule has 0 atom stereocenters. The molecule has 0 heterocycles. The maximum Gasteiger partial charge on any atom is 0.191 e. The SMILES string of the molecule is CN=C(NCCCOc1cc(OC)cc(OC)c1)NC1CC=CC1. The van der Waals surface area contributed by atoms with Crippen molar-refractivity contribution in [3.8, 4) is 17.2 Å². The Hall–Kier alpha value is -2.37. The van der Waals surface area contributed by atoms with Crippen LogP contribution in [0.3, 0.4) is 0 Å². The zero-order valence-corrected chi connectivity index (χ0v) is 14.7. The monoisotopic (exact) mass is 333 g/mol. The van der Waals surface area contributed by atoms with E-state index in [4.69, 9.17) is 14.2 Å². The van der Waals surface area contributed by atoms with Gasteiger partial charge in [-0.2, -0.15) is 0 Å². The standard InChI is InChI=1S/C18H27N3O3/c1-19-18(21-14-7-4-5-8-14)20-9-6-10-24-17-12-15(22-2)11-16(13-17)23-3/h4-5,11-14H,6-10H2,1-3H3,(H2,19,20,21). The highest BCUT2D eigenvalue weighted by atomic mass is 16.5. The maximum atomic E-state index is 5.77. The van der Waals surface area contributed by atoms with Crippen LogP contribution in [0.4, 0.5) is 0 Å². The highest BCUT2D eigenvalue weighted by molar-refractivity contribution is 5.80. The Morgan fingerprint density at radius 2 is 1.71 bits per heavy atom. The van der Waals surface area contributed by atoms with E-state index >= 15 is 0 Å². The van der Waals surface area contributed by atoms with Gasteiger partial charge in [0.25, 0.3) is 0 Å². The lowest BCUT2D eigenvalue weighted by Gasteiger charge is -2.17. The van der Waals surface area contributed by atoms with Crippen LogP contribution in [0.1, 0.15) is 19.3 Å². The van der Waals surface area contributed by atoms with Crippen LogP contribution < -0.4 is 24.8 Å². The number of hydrogen-bond donors (Lipinski definition) is 2. The molecule has 2 N–H and O–H groups in total. The Kier molecular flexibility index (Phi) is 7.26. The van der Waals surface area contributed by atoms with Gasteiger partial charge in [0.15, 0.2) is 5.96 Å². The Morgan fingerprint density at radius 3 is 2.29 bits per heavy atom. The molecule has 1 aliphatic rings. The third-order valence-corrected chi connectivity index (χ3v) is 3.78. The second kappa shape index (κ2) is 9.70. The lowest BCUT2D eigenvalue weighted by atomic mass is 10.2. The van der Waals surface area contributed by atoms with Gasteiger partial charge in [0.1, 0.15) is 17.2 Å². The molecule has 1 aromatic carbocycles. The van der Waals surface area contributed by atoms with Gasteiger partial charge in [-0.1, -0.05) is 12.2 Å². The molecule has 1 aromatic rings. The zero-order chi connectivity index (χ0) is 17.2. The fourth-order valence-electron chi connectivity index (χ4n) is 2.46. The molecule has 1 aliphatic carbocycles. The predicted octanol–water partition coefficient (Wildman–Crippen LogP) is 2.36. The Balaban J connectivity index is 1.68. The number of rotatable bonds is 8. The molecule has 0 saturated heterocycles. The van der Waals surface area contributed by atoms with Crippen LogP contribution in [-0.2, 0) is 0 Å². The van der Waals surface area contributed by atoms with E-state index in [1.807, 2.05) is 18.2 Å². The van der Waals surface area contributed by atoms with Crippen molar-refractivity contribution >= 4 is 5.96 Å². The molecule has 2 rings (SSSR count). The normalized spacial score (nSPS) is 14.5. The molecule has 0 spiro atoms. The van der Waals surface area contributed by atoms with Gasteiger partial charge < -0.3 is 24.8 Å². The highest BCUT2D eigenvalue weighted by Crippen LogP contribution is 2.27. The summed E-state index contributed by atoms with van der Waals surface area (Å²) < 4.78 is 16.2. The molecular weight excluding hydrogens is 306 g/mol. The van der Waals surface area contributed by atoms with E-state index in [2.05, 4.69) is 27.8 Å². The number of ether oxygens (including phenoxy) is 3. The van der Waals surface area contributed by atoms with Crippen molar-refractivity contribution in [2.24, 2.45) is 4.99 Å². The molecular formula is C18H27N3O3. The summed E-state index contributed by atoms with van der Waals surface area (Å²) in [7, 11) is 5.04. The van der Waals surface area contributed by atoms with Crippen molar-refractivity contribution < 1.29 is 14.2 Å². The third-order valence-electron chi connectivity index (χ3n) is 3.78. The van der Waals surface area contributed by atoms with Crippen LogP contribution in [0, 0.1) is 0 Å².